The number of nitrogens with zero attached hydrogens (tertiary/aromatic N) is 3. The van der Waals surface area contributed by atoms with Gasteiger partial charge >= 0.3 is 6.18 Å². The number of fused-ring (bicyclic) bond motifs is 1. The summed E-state index contributed by atoms with van der Waals surface area (Å²) in [7, 11) is 0. The lowest BCUT2D eigenvalue weighted by Gasteiger charge is -2.33. The summed E-state index contributed by atoms with van der Waals surface area (Å²) in [5.41, 5.74) is 0.153. The second kappa shape index (κ2) is 8.72. The number of alkyl halides is 3. The standard InChI is InChI=1S/C22H22F3N5O3/c1-13(20-27-16-4-2-3-5-17(16)28-20)26-21(31)14-8-10-29(11-9-14)18-7-6-15(22(23,24)25)12-19(18)30(32)33/h2-7,12-14H,8-11H2,1H3,(H,26,31)(H,27,28). The lowest BCUT2D eigenvalue weighted by molar-refractivity contribution is -0.384. The predicted molar refractivity (Wildman–Crippen MR) is 116 cm³/mol. The molecule has 0 saturated carbocycles. The highest BCUT2D eigenvalue weighted by molar-refractivity contribution is 5.80. The topological polar surface area (TPSA) is 104 Å². The first-order valence-corrected chi connectivity index (χ1v) is 10.5. The van der Waals surface area contributed by atoms with Gasteiger partial charge in [-0.05, 0) is 44.0 Å². The quantitative estimate of drug-likeness (QED) is 0.427. The van der Waals surface area contributed by atoms with Gasteiger partial charge in [0.1, 0.15) is 11.5 Å². The number of imidazole rings is 1. The van der Waals surface area contributed by atoms with Crippen LogP contribution in [0.2, 0.25) is 0 Å². The number of nitro groups is 1. The maximum Gasteiger partial charge on any atom is 0.416 e. The second-order valence-corrected chi connectivity index (χ2v) is 8.09. The summed E-state index contributed by atoms with van der Waals surface area (Å²) in [5, 5.41) is 14.3. The van der Waals surface area contributed by atoms with Crippen LogP contribution in [-0.2, 0) is 11.0 Å². The molecule has 1 aliphatic heterocycles. The lowest BCUT2D eigenvalue weighted by Crippen LogP contribution is -2.41. The lowest BCUT2D eigenvalue weighted by atomic mass is 9.95. The van der Waals surface area contributed by atoms with Crippen LogP contribution in [0.5, 0.6) is 0 Å². The molecule has 1 aromatic heterocycles. The molecule has 174 valence electrons. The summed E-state index contributed by atoms with van der Waals surface area (Å²) < 4.78 is 38.8. The number of rotatable bonds is 5. The van der Waals surface area contributed by atoms with Gasteiger partial charge in [0.05, 0.1) is 27.6 Å². The first kappa shape index (κ1) is 22.6. The van der Waals surface area contributed by atoms with Gasteiger partial charge in [0, 0.05) is 25.1 Å². The number of aromatic nitrogens is 2. The summed E-state index contributed by atoms with van der Waals surface area (Å²) >= 11 is 0. The number of carbonyl (C=O) groups excluding carboxylic acids is 1. The predicted octanol–water partition coefficient (Wildman–Crippen LogP) is 4.58. The third-order valence-electron chi connectivity index (χ3n) is 5.88. The zero-order valence-electron chi connectivity index (χ0n) is 17.7. The minimum atomic E-state index is -4.66. The number of nitrogens with one attached hydrogen (secondary N) is 2. The Bertz CT molecular complexity index is 1150. The molecule has 1 amide bonds. The minimum absolute atomic E-state index is 0.127. The molecule has 2 aromatic carbocycles. The number of aromatic amines is 1. The average Bonchev–Trinajstić information content (AvgIpc) is 3.22. The van der Waals surface area contributed by atoms with E-state index in [1.165, 1.54) is 0 Å². The molecule has 11 heteroatoms. The molecule has 1 saturated heterocycles. The summed E-state index contributed by atoms with van der Waals surface area (Å²) in [6, 6.07) is 9.74. The van der Waals surface area contributed by atoms with Crippen LogP contribution < -0.4 is 10.2 Å². The molecule has 1 fully saturated rings. The number of nitro benzene ring substituents is 1. The van der Waals surface area contributed by atoms with Gasteiger partial charge in [0.2, 0.25) is 5.91 Å². The molecule has 4 rings (SSSR count). The number of hydrogen-bond acceptors (Lipinski definition) is 5. The molecule has 2 N–H and O–H groups in total. The largest absolute Gasteiger partial charge is 0.416 e. The third-order valence-corrected chi connectivity index (χ3v) is 5.88. The van der Waals surface area contributed by atoms with Crippen molar-refractivity contribution < 1.29 is 22.9 Å². The first-order valence-electron chi connectivity index (χ1n) is 10.5. The van der Waals surface area contributed by atoms with Crippen molar-refractivity contribution in [3.63, 3.8) is 0 Å². The van der Waals surface area contributed by atoms with Crippen molar-refractivity contribution >= 4 is 28.3 Å². The van der Waals surface area contributed by atoms with Crippen LogP contribution in [0.15, 0.2) is 42.5 Å². The van der Waals surface area contributed by atoms with Crippen LogP contribution in [0.1, 0.15) is 37.2 Å². The molecule has 0 bridgehead atoms. The maximum absolute atomic E-state index is 12.9. The van der Waals surface area contributed by atoms with E-state index in [1.807, 2.05) is 31.2 Å². The Morgan fingerprint density at radius 1 is 1.24 bits per heavy atom. The van der Waals surface area contributed by atoms with E-state index in [4.69, 9.17) is 0 Å². The van der Waals surface area contributed by atoms with E-state index >= 15 is 0 Å². The fourth-order valence-electron chi connectivity index (χ4n) is 4.07. The SMILES string of the molecule is CC(NC(=O)C1CCN(c2ccc(C(F)(F)F)cc2[N+](=O)[O-])CC1)c1nc2ccccc2[nH]1. The van der Waals surface area contributed by atoms with Gasteiger partial charge in [-0.25, -0.2) is 4.98 Å². The molecule has 3 aromatic rings. The van der Waals surface area contributed by atoms with E-state index in [1.54, 1.807) is 4.90 Å². The molecule has 0 spiro atoms. The number of hydrogen-bond donors (Lipinski definition) is 2. The van der Waals surface area contributed by atoms with Gasteiger partial charge in [0.15, 0.2) is 0 Å². The van der Waals surface area contributed by atoms with Crippen molar-refractivity contribution in [1.29, 1.82) is 0 Å². The monoisotopic (exact) mass is 461 g/mol. The van der Waals surface area contributed by atoms with Gasteiger partial charge in [-0.15, -0.1) is 0 Å². The van der Waals surface area contributed by atoms with Crippen molar-refractivity contribution in [2.75, 3.05) is 18.0 Å². The van der Waals surface area contributed by atoms with Crippen LogP contribution in [0.25, 0.3) is 11.0 Å². The summed E-state index contributed by atoms with van der Waals surface area (Å²) in [5.74, 6) is 0.188. The van der Waals surface area contributed by atoms with Crippen molar-refractivity contribution in [3.05, 3.63) is 64.0 Å². The van der Waals surface area contributed by atoms with Crippen LogP contribution in [-0.4, -0.2) is 33.9 Å². The Kier molecular flexibility index (Phi) is 5.96. The summed E-state index contributed by atoms with van der Waals surface area (Å²) in [4.78, 5) is 32.7. The zero-order valence-corrected chi connectivity index (χ0v) is 17.7. The molecular weight excluding hydrogens is 439 g/mol. The maximum atomic E-state index is 12.9. The first-order chi connectivity index (χ1) is 15.6. The fourth-order valence-corrected chi connectivity index (χ4v) is 4.07. The van der Waals surface area contributed by atoms with Gasteiger partial charge in [-0.2, -0.15) is 13.2 Å². The van der Waals surface area contributed by atoms with Crippen LogP contribution in [0.4, 0.5) is 24.5 Å². The Morgan fingerprint density at radius 3 is 2.58 bits per heavy atom. The van der Waals surface area contributed by atoms with Crippen molar-refractivity contribution in [2.24, 2.45) is 5.92 Å². The summed E-state index contributed by atoms with van der Waals surface area (Å²) in [6.07, 6.45) is -3.81. The number of carbonyl (C=O) groups is 1. The molecule has 8 nitrogen and oxygen atoms in total. The van der Waals surface area contributed by atoms with Crippen LogP contribution in [0, 0.1) is 16.0 Å². The van der Waals surface area contributed by atoms with Gasteiger partial charge in [-0.3, -0.25) is 14.9 Å². The highest BCUT2D eigenvalue weighted by Gasteiger charge is 2.35. The molecule has 33 heavy (non-hydrogen) atoms. The van der Waals surface area contributed by atoms with Crippen molar-refractivity contribution in [1.82, 2.24) is 15.3 Å². The number of H-pyrrole nitrogens is 1. The Hall–Kier alpha value is -3.63. The number of amides is 1. The van der Waals surface area contributed by atoms with E-state index in [-0.39, 0.29) is 23.6 Å². The third kappa shape index (κ3) is 4.76. The van der Waals surface area contributed by atoms with Gasteiger partial charge < -0.3 is 15.2 Å². The Labute approximate surface area is 186 Å². The smallest absolute Gasteiger partial charge is 0.366 e. The number of piperidine rings is 1. The Morgan fingerprint density at radius 2 is 1.94 bits per heavy atom. The average molecular weight is 461 g/mol. The summed E-state index contributed by atoms with van der Waals surface area (Å²) in [6.45, 7) is 2.48. The number of benzene rings is 2. The molecule has 1 unspecified atom stereocenters. The fraction of sp³-hybridized carbons (Fsp3) is 0.364. The van der Waals surface area contributed by atoms with Crippen molar-refractivity contribution in [2.45, 2.75) is 32.0 Å². The van der Waals surface area contributed by atoms with E-state index in [0.717, 1.165) is 23.2 Å². The van der Waals surface area contributed by atoms with Crippen LogP contribution in [0.3, 0.4) is 0 Å². The minimum Gasteiger partial charge on any atom is -0.366 e. The van der Waals surface area contributed by atoms with E-state index in [0.29, 0.717) is 37.8 Å². The molecule has 0 aliphatic carbocycles. The van der Waals surface area contributed by atoms with Gasteiger partial charge in [0.25, 0.3) is 5.69 Å². The number of para-hydroxylation sites is 2. The highest BCUT2D eigenvalue weighted by atomic mass is 19.4. The van der Waals surface area contributed by atoms with E-state index < -0.39 is 22.4 Å². The molecule has 0 radical (unpaired) electrons. The zero-order chi connectivity index (χ0) is 23.8. The number of anilines is 1. The second-order valence-electron chi connectivity index (χ2n) is 8.09. The molecular formula is C22H22F3N5O3. The van der Waals surface area contributed by atoms with E-state index in [2.05, 4.69) is 15.3 Å². The van der Waals surface area contributed by atoms with E-state index in [9.17, 15) is 28.1 Å². The van der Waals surface area contributed by atoms with Gasteiger partial charge in [-0.1, -0.05) is 12.1 Å². The normalized spacial score (nSPS) is 16.1. The van der Waals surface area contributed by atoms with Crippen LogP contribution >= 0.6 is 0 Å². The van der Waals surface area contributed by atoms with Crippen molar-refractivity contribution in [3.8, 4) is 0 Å². The highest BCUT2D eigenvalue weighted by Crippen LogP contribution is 2.37. The molecule has 2 heterocycles. The molecule has 1 aliphatic rings. The number of halogens is 3. The molecule has 1 atom stereocenters. The Balaban J connectivity index is 1.40.